The summed E-state index contributed by atoms with van der Waals surface area (Å²) >= 11 is 0. The Kier molecular flexibility index (Phi) is 5.27. The summed E-state index contributed by atoms with van der Waals surface area (Å²) in [6.07, 6.45) is 7.15. The van der Waals surface area contributed by atoms with E-state index in [-0.39, 0.29) is 18.3 Å². The number of oxime groups is 1. The Morgan fingerprint density at radius 2 is 1.88 bits per heavy atom. The number of carboxylic acid groups (broad SMARTS) is 1. The minimum atomic E-state index is -0.888. The van der Waals surface area contributed by atoms with Crippen LogP contribution in [0.1, 0.15) is 45.6 Å². The van der Waals surface area contributed by atoms with Gasteiger partial charge in [-0.25, -0.2) is 0 Å². The summed E-state index contributed by atoms with van der Waals surface area (Å²) in [5.74, 6) is -0.888. The van der Waals surface area contributed by atoms with Crippen molar-refractivity contribution in [1.82, 2.24) is 0 Å². The van der Waals surface area contributed by atoms with Gasteiger partial charge in [-0.3, -0.25) is 4.79 Å². The van der Waals surface area contributed by atoms with Crippen molar-refractivity contribution in [2.45, 2.75) is 40.0 Å². The van der Waals surface area contributed by atoms with E-state index in [9.17, 15) is 10.0 Å². The molecular weight excluding hydrogens is 302 g/mol. The first-order valence-electron chi connectivity index (χ1n) is 8.18. The van der Waals surface area contributed by atoms with E-state index < -0.39 is 11.4 Å². The number of rotatable bonds is 5. The quantitative estimate of drug-likeness (QED) is 0.465. The van der Waals surface area contributed by atoms with Crippen LogP contribution in [0.25, 0.3) is 5.57 Å². The van der Waals surface area contributed by atoms with Gasteiger partial charge in [0.2, 0.25) is 0 Å². The molecule has 0 aromatic heterocycles. The van der Waals surface area contributed by atoms with Crippen molar-refractivity contribution in [3.63, 3.8) is 0 Å². The van der Waals surface area contributed by atoms with Crippen LogP contribution in [0.15, 0.2) is 53.7 Å². The van der Waals surface area contributed by atoms with Crippen molar-refractivity contribution in [3.8, 4) is 0 Å². The molecule has 24 heavy (non-hydrogen) atoms. The molecule has 0 amide bonds. The molecule has 0 spiro atoms. The predicted molar refractivity (Wildman–Crippen MR) is 96.2 cm³/mol. The second-order valence-electron chi connectivity index (χ2n) is 7.22. The molecule has 1 aliphatic carbocycles. The molecular formula is C20H25NO3. The Hall–Kier alpha value is -2.36. The summed E-state index contributed by atoms with van der Waals surface area (Å²) < 4.78 is 0. The topological polar surface area (TPSA) is 69.9 Å². The van der Waals surface area contributed by atoms with Gasteiger partial charge in [-0.15, -0.1) is 0 Å². The Balaban J connectivity index is 2.34. The van der Waals surface area contributed by atoms with E-state index in [1.54, 1.807) is 0 Å². The minimum absolute atomic E-state index is 0.0413. The van der Waals surface area contributed by atoms with Crippen LogP contribution in [-0.2, 0) is 4.79 Å². The second-order valence-corrected chi connectivity index (χ2v) is 7.22. The molecule has 0 fully saturated rings. The maximum Gasteiger partial charge on any atom is 0.303 e. The predicted octanol–water partition coefficient (Wildman–Crippen LogP) is 4.76. The number of aliphatic carboxylic acids is 1. The highest BCUT2D eigenvalue weighted by Crippen LogP contribution is 2.48. The number of hydrogen-bond donors (Lipinski definition) is 2. The third-order valence-corrected chi connectivity index (χ3v) is 4.85. The monoisotopic (exact) mass is 327 g/mol. The summed E-state index contributed by atoms with van der Waals surface area (Å²) in [7, 11) is 0. The molecule has 1 unspecified atom stereocenters. The van der Waals surface area contributed by atoms with Gasteiger partial charge in [-0.2, -0.15) is 0 Å². The lowest BCUT2D eigenvalue weighted by atomic mass is 9.59. The molecule has 0 heterocycles. The van der Waals surface area contributed by atoms with Crippen molar-refractivity contribution < 1.29 is 15.1 Å². The Labute approximate surface area is 143 Å². The van der Waals surface area contributed by atoms with Crippen LogP contribution in [0.4, 0.5) is 0 Å². The molecule has 1 aromatic rings. The number of hydrogen-bond acceptors (Lipinski definition) is 3. The highest BCUT2D eigenvalue weighted by atomic mass is 16.4. The first-order chi connectivity index (χ1) is 11.3. The lowest BCUT2D eigenvalue weighted by molar-refractivity contribution is -0.136. The van der Waals surface area contributed by atoms with E-state index in [1.807, 2.05) is 18.2 Å². The molecule has 4 heteroatoms. The number of nitrogens with zero attached hydrogens (tertiary/aromatic N) is 1. The standard InChI is InChI=1S/C20H25NO3/c1-19(2,3)20(17(21-24)9-10-18(22)23)13-11-16(12-14-20)15-7-5-4-6-8-15/h4-8,11-13,24H,9-10,14H2,1-3H3,(H,22,23). The maximum atomic E-state index is 10.9. The van der Waals surface area contributed by atoms with Gasteiger partial charge < -0.3 is 10.3 Å². The lowest BCUT2D eigenvalue weighted by Crippen LogP contribution is -2.42. The molecule has 0 aliphatic heterocycles. The average molecular weight is 327 g/mol. The van der Waals surface area contributed by atoms with Crippen molar-refractivity contribution in [3.05, 3.63) is 54.1 Å². The SMILES string of the molecule is CC(C)(C)C1(C(CCC(=O)O)=NO)C=CC(c2ccccc2)=CC1. The maximum absolute atomic E-state index is 10.9. The first-order valence-corrected chi connectivity index (χ1v) is 8.18. The normalized spacial score (nSPS) is 21.5. The summed E-state index contributed by atoms with van der Waals surface area (Å²) in [4.78, 5) is 10.9. The van der Waals surface area contributed by atoms with Gasteiger partial charge in [-0.05, 0) is 23.0 Å². The molecule has 0 saturated heterocycles. The largest absolute Gasteiger partial charge is 0.481 e. The van der Waals surface area contributed by atoms with Crippen LogP contribution < -0.4 is 0 Å². The van der Waals surface area contributed by atoms with Crippen LogP contribution in [0.3, 0.4) is 0 Å². The van der Waals surface area contributed by atoms with Gasteiger partial charge in [0.05, 0.1) is 12.1 Å². The fraction of sp³-hybridized carbons (Fsp3) is 0.400. The molecule has 1 aromatic carbocycles. The van der Waals surface area contributed by atoms with Gasteiger partial charge >= 0.3 is 5.97 Å². The van der Waals surface area contributed by atoms with Crippen molar-refractivity contribution in [2.24, 2.45) is 16.0 Å². The van der Waals surface area contributed by atoms with Crippen molar-refractivity contribution in [2.75, 3.05) is 0 Å². The molecule has 0 bridgehead atoms. The molecule has 1 atom stereocenters. The van der Waals surface area contributed by atoms with Crippen molar-refractivity contribution in [1.29, 1.82) is 0 Å². The van der Waals surface area contributed by atoms with Gasteiger partial charge in [0, 0.05) is 11.8 Å². The Bertz CT molecular complexity index is 681. The second kappa shape index (κ2) is 7.04. The van der Waals surface area contributed by atoms with E-state index in [0.717, 1.165) is 11.1 Å². The smallest absolute Gasteiger partial charge is 0.303 e. The number of carbonyl (C=O) groups is 1. The van der Waals surface area contributed by atoms with Crippen molar-refractivity contribution >= 4 is 17.3 Å². The van der Waals surface area contributed by atoms with Gasteiger partial charge in [0.15, 0.2) is 0 Å². The van der Waals surface area contributed by atoms with Gasteiger partial charge in [0.1, 0.15) is 0 Å². The van der Waals surface area contributed by atoms with E-state index in [0.29, 0.717) is 12.1 Å². The lowest BCUT2D eigenvalue weighted by Gasteiger charge is -2.44. The average Bonchev–Trinajstić information content (AvgIpc) is 2.55. The Morgan fingerprint density at radius 1 is 1.21 bits per heavy atom. The van der Waals surface area contributed by atoms with E-state index in [2.05, 4.69) is 56.3 Å². The summed E-state index contributed by atoms with van der Waals surface area (Å²) in [6, 6.07) is 10.1. The molecule has 1 aliphatic rings. The molecule has 128 valence electrons. The van der Waals surface area contributed by atoms with Crippen LogP contribution in [0, 0.1) is 10.8 Å². The zero-order valence-corrected chi connectivity index (χ0v) is 14.5. The van der Waals surface area contributed by atoms with Crippen LogP contribution in [0.5, 0.6) is 0 Å². The third kappa shape index (κ3) is 3.58. The fourth-order valence-electron chi connectivity index (χ4n) is 3.27. The summed E-state index contributed by atoms with van der Waals surface area (Å²) in [6.45, 7) is 6.26. The fourth-order valence-corrected chi connectivity index (χ4v) is 3.27. The number of benzene rings is 1. The summed E-state index contributed by atoms with van der Waals surface area (Å²) in [5.41, 5.74) is 2.10. The molecule has 0 saturated carbocycles. The van der Waals surface area contributed by atoms with Crippen LogP contribution >= 0.6 is 0 Å². The molecule has 2 N–H and O–H groups in total. The molecule has 0 radical (unpaired) electrons. The Morgan fingerprint density at radius 3 is 2.33 bits per heavy atom. The van der Waals surface area contributed by atoms with Crippen LogP contribution in [-0.4, -0.2) is 22.0 Å². The van der Waals surface area contributed by atoms with E-state index >= 15 is 0 Å². The zero-order valence-electron chi connectivity index (χ0n) is 14.5. The highest BCUT2D eigenvalue weighted by Gasteiger charge is 2.44. The highest BCUT2D eigenvalue weighted by molar-refractivity contribution is 5.95. The first kappa shape index (κ1) is 18.0. The minimum Gasteiger partial charge on any atom is -0.481 e. The number of carboxylic acids is 1. The number of allylic oxidation sites excluding steroid dienone is 4. The van der Waals surface area contributed by atoms with Gasteiger partial charge in [-0.1, -0.05) is 74.5 Å². The van der Waals surface area contributed by atoms with E-state index in [4.69, 9.17) is 5.11 Å². The molecule has 4 nitrogen and oxygen atoms in total. The third-order valence-electron chi connectivity index (χ3n) is 4.85. The summed E-state index contributed by atoms with van der Waals surface area (Å²) in [5, 5.41) is 22.0. The zero-order chi connectivity index (χ0) is 17.8. The van der Waals surface area contributed by atoms with Crippen LogP contribution in [0.2, 0.25) is 0 Å². The van der Waals surface area contributed by atoms with Gasteiger partial charge in [0.25, 0.3) is 0 Å². The van der Waals surface area contributed by atoms with E-state index in [1.165, 1.54) is 0 Å². The molecule has 2 rings (SSSR count).